The van der Waals surface area contributed by atoms with Crippen LogP contribution in [0.15, 0.2) is 53.4 Å². The van der Waals surface area contributed by atoms with Crippen molar-refractivity contribution in [1.29, 1.82) is 0 Å². The van der Waals surface area contributed by atoms with Gasteiger partial charge in [-0.05, 0) is 74.7 Å². The molecule has 0 spiro atoms. The van der Waals surface area contributed by atoms with Crippen LogP contribution in [0.5, 0.6) is 11.5 Å². The van der Waals surface area contributed by atoms with Gasteiger partial charge in [-0.25, -0.2) is 8.42 Å². The molecule has 8 heteroatoms. The largest absolute Gasteiger partial charge is 0.494 e. The van der Waals surface area contributed by atoms with Gasteiger partial charge in [0.05, 0.1) is 11.5 Å². The van der Waals surface area contributed by atoms with Crippen molar-refractivity contribution >= 4 is 21.6 Å². The van der Waals surface area contributed by atoms with Crippen LogP contribution in [-0.2, 0) is 14.8 Å². The summed E-state index contributed by atoms with van der Waals surface area (Å²) in [4.78, 5) is 14.1. The van der Waals surface area contributed by atoms with E-state index >= 15 is 0 Å². The Bertz CT molecular complexity index is 905. The molecule has 1 fully saturated rings. The lowest BCUT2D eigenvalue weighted by Gasteiger charge is -2.26. The Hall–Kier alpha value is -2.74. The Balaban J connectivity index is 1.57. The first-order valence-electron chi connectivity index (χ1n) is 9.74. The highest BCUT2D eigenvalue weighted by Crippen LogP contribution is 2.21. The maximum Gasteiger partial charge on any atom is 0.261 e. The minimum absolute atomic E-state index is 0.0430. The molecule has 2 aromatic rings. The standard InChI is InChI=1S/C21H26N2O5S/c1-2-27-18-8-6-17(7-9-18)22-29(25,26)20-12-10-19(11-13-20)28-16-21(24)23-14-4-3-5-15-23/h6-13,22H,2-5,14-16H2,1H3. The van der Waals surface area contributed by atoms with Crippen LogP contribution in [0.1, 0.15) is 26.2 Å². The summed E-state index contributed by atoms with van der Waals surface area (Å²) >= 11 is 0. The number of benzene rings is 2. The Kier molecular flexibility index (Phi) is 6.98. The van der Waals surface area contributed by atoms with Gasteiger partial charge in [-0.1, -0.05) is 0 Å². The number of hydrogen-bond acceptors (Lipinski definition) is 5. The van der Waals surface area contributed by atoms with Gasteiger partial charge in [0.1, 0.15) is 11.5 Å². The third-order valence-corrected chi connectivity index (χ3v) is 6.02. The lowest BCUT2D eigenvalue weighted by Crippen LogP contribution is -2.38. The average molecular weight is 419 g/mol. The van der Waals surface area contributed by atoms with Gasteiger partial charge in [-0.2, -0.15) is 0 Å². The van der Waals surface area contributed by atoms with E-state index in [0.29, 0.717) is 23.8 Å². The molecule has 0 aliphatic carbocycles. The molecule has 3 rings (SSSR count). The number of nitrogens with zero attached hydrogens (tertiary/aromatic N) is 1. The van der Waals surface area contributed by atoms with E-state index in [9.17, 15) is 13.2 Å². The molecule has 1 aliphatic rings. The van der Waals surface area contributed by atoms with Gasteiger partial charge in [-0.15, -0.1) is 0 Å². The summed E-state index contributed by atoms with van der Waals surface area (Å²) in [5.74, 6) is 1.09. The van der Waals surface area contributed by atoms with Gasteiger partial charge < -0.3 is 14.4 Å². The van der Waals surface area contributed by atoms with Crippen LogP contribution in [-0.4, -0.2) is 45.5 Å². The van der Waals surface area contributed by atoms with Crippen LogP contribution in [0.2, 0.25) is 0 Å². The summed E-state index contributed by atoms with van der Waals surface area (Å²) in [6.45, 7) is 3.93. The number of ether oxygens (including phenoxy) is 2. The Morgan fingerprint density at radius 1 is 0.931 bits per heavy atom. The Morgan fingerprint density at radius 2 is 1.52 bits per heavy atom. The summed E-state index contributed by atoms with van der Waals surface area (Å²) in [5.41, 5.74) is 0.445. The highest BCUT2D eigenvalue weighted by atomic mass is 32.2. The molecule has 0 aromatic heterocycles. The zero-order valence-electron chi connectivity index (χ0n) is 16.5. The van der Waals surface area contributed by atoms with Crippen molar-refractivity contribution in [3.05, 3.63) is 48.5 Å². The first kappa shape index (κ1) is 21.0. The highest BCUT2D eigenvalue weighted by molar-refractivity contribution is 7.92. The van der Waals surface area contributed by atoms with E-state index in [2.05, 4.69) is 4.72 Å². The maximum absolute atomic E-state index is 12.6. The van der Waals surface area contributed by atoms with Crippen molar-refractivity contribution in [2.45, 2.75) is 31.1 Å². The van der Waals surface area contributed by atoms with Crippen molar-refractivity contribution in [3.63, 3.8) is 0 Å². The third-order valence-electron chi connectivity index (χ3n) is 4.62. The molecular weight excluding hydrogens is 392 g/mol. The lowest BCUT2D eigenvalue weighted by molar-refractivity contribution is -0.134. The second-order valence-electron chi connectivity index (χ2n) is 6.76. The van der Waals surface area contributed by atoms with Crippen molar-refractivity contribution < 1.29 is 22.7 Å². The van der Waals surface area contributed by atoms with Crippen LogP contribution >= 0.6 is 0 Å². The number of nitrogens with one attached hydrogen (secondary N) is 1. The second-order valence-corrected chi connectivity index (χ2v) is 8.45. The second kappa shape index (κ2) is 9.65. The first-order chi connectivity index (χ1) is 14.0. The summed E-state index contributed by atoms with van der Waals surface area (Å²) in [7, 11) is -3.73. The summed E-state index contributed by atoms with van der Waals surface area (Å²) < 4.78 is 38.5. The predicted octanol–water partition coefficient (Wildman–Crippen LogP) is 3.28. The van der Waals surface area contributed by atoms with E-state index in [4.69, 9.17) is 9.47 Å². The fourth-order valence-electron chi connectivity index (χ4n) is 3.09. The zero-order valence-corrected chi connectivity index (χ0v) is 17.3. The topological polar surface area (TPSA) is 84.9 Å². The predicted molar refractivity (Wildman–Crippen MR) is 111 cm³/mol. The normalized spacial score (nSPS) is 14.3. The van der Waals surface area contributed by atoms with E-state index in [0.717, 1.165) is 32.4 Å². The molecule has 1 saturated heterocycles. The van der Waals surface area contributed by atoms with Gasteiger partial charge in [-0.3, -0.25) is 9.52 Å². The number of sulfonamides is 1. The Labute approximate surface area is 171 Å². The molecule has 1 N–H and O–H groups in total. The molecule has 0 saturated carbocycles. The van der Waals surface area contributed by atoms with Crippen LogP contribution < -0.4 is 14.2 Å². The number of amides is 1. The third kappa shape index (κ3) is 5.87. The Morgan fingerprint density at radius 3 is 2.14 bits per heavy atom. The highest BCUT2D eigenvalue weighted by Gasteiger charge is 2.17. The van der Waals surface area contributed by atoms with Gasteiger partial charge in [0, 0.05) is 18.8 Å². The maximum atomic E-state index is 12.6. The van der Waals surface area contributed by atoms with Crippen LogP contribution in [0, 0.1) is 0 Å². The molecule has 1 heterocycles. The summed E-state index contributed by atoms with van der Waals surface area (Å²) in [5, 5.41) is 0. The first-order valence-corrected chi connectivity index (χ1v) is 11.2. The van der Waals surface area contributed by atoms with E-state index in [1.54, 1.807) is 36.4 Å². The smallest absolute Gasteiger partial charge is 0.261 e. The number of rotatable bonds is 8. The molecule has 7 nitrogen and oxygen atoms in total. The molecule has 2 aromatic carbocycles. The summed E-state index contributed by atoms with van der Waals surface area (Å²) in [6, 6.07) is 12.7. The van der Waals surface area contributed by atoms with Gasteiger partial charge >= 0.3 is 0 Å². The quantitative estimate of drug-likeness (QED) is 0.711. The minimum atomic E-state index is -3.73. The SMILES string of the molecule is CCOc1ccc(NS(=O)(=O)c2ccc(OCC(=O)N3CCCCC3)cc2)cc1. The van der Waals surface area contributed by atoms with Gasteiger partial charge in [0.2, 0.25) is 0 Å². The van der Waals surface area contributed by atoms with Crippen LogP contribution in [0.3, 0.4) is 0 Å². The average Bonchev–Trinajstić information content (AvgIpc) is 2.74. The number of piperidine rings is 1. The van der Waals surface area contributed by atoms with Crippen LogP contribution in [0.25, 0.3) is 0 Å². The van der Waals surface area contributed by atoms with Gasteiger partial charge in [0.15, 0.2) is 6.61 Å². The summed E-state index contributed by atoms with van der Waals surface area (Å²) in [6.07, 6.45) is 3.21. The fraction of sp³-hybridized carbons (Fsp3) is 0.381. The van der Waals surface area contributed by atoms with E-state index in [-0.39, 0.29) is 17.4 Å². The molecular formula is C21H26N2O5S. The number of hydrogen-bond donors (Lipinski definition) is 1. The number of anilines is 1. The molecule has 156 valence electrons. The number of likely N-dealkylation sites (tertiary alicyclic amines) is 1. The monoisotopic (exact) mass is 418 g/mol. The zero-order chi connectivity index (χ0) is 20.7. The van der Waals surface area contributed by atoms with Gasteiger partial charge in [0.25, 0.3) is 15.9 Å². The van der Waals surface area contributed by atoms with Crippen LogP contribution in [0.4, 0.5) is 5.69 Å². The van der Waals surface area contributed by atoms with Crippen molar-refractivity contribution in [1.82, 2.24) is 4.90 Å². The number of carbonyl (C=O) groups excluding carboxylic acids is 1. The molecule has 0 atom stereocenters. The minimum Gasteiger partial charge on any atom is -0.494 e. The molecule has 29 heavy (non-hydrogen) atoms. The number of carbonyl (C=O) groups is 1. The molecule has 0 radical (unpaired) electrons. The van der Waals surface area contributed by atoms with Crippen molar-refractivity contribution in [2.24, 2.45) is 0 Å². The molecule has 0 bridgehead atoms. The van der Waals surface area contributed by atoms with Crippen molar-refractivity contribution in [3.8, 4) is 11.5 Å². The van der Waals surface area contributed by atoms with E-state index < -0.39 is 10.0 Å². The fourth-order valence-corrected chi connectivity index (χ4v) is 4.15. The van der Waals surface area contributed by atoms with E-state index in [1.807, 2.05) is 11.8 Å². The molecule has 1 aliphatic heterocycles. The molecule has 0 unspecified atom stereocenters. The lowest BCUT2D eigenvalue weighted by atomic mass is 10.1. The molecule has 1 amide bonds. The van der Waals surface area contributed by atoms with E-state index in [1.165, 1.54) is 12.1 Å². The van der Waals surface area contributed by atoms with Crippen molar-refractivity contribution in [2.75, 3.05) is 31.0 Å².